The third-order valence-electron chi connectivity index (χ3n) is 3.10. The van der Waals surface area contributed by atoms with Gasteiger partial charge in [-0.2, -0.15) is 0 Å². The van der Waals surface area contributed by atoms with E-state index in [4.69, 9.17) is 16.3 Å². The van der Waals surface area contributed by atoms with Crippen molar-refractivity contribution in [2.24, 2.45) is 0 Å². The predicted octanol–water partition coefficient (Wildman–Crippen LogP) is 0.591. The molecule has 1 amide bonds. The monoisotopic (exact) mass is 285 g/mol. The maximum Gasteiger partial charge on any atom is 0.260 e. The van der Waals surface area contributed by atoms with E-state index in [1.54, 1.807) is 18.2 Å². The summed E-state index contributed by atoms with van der Waals surface area (Å²) in [6, 6.07) is 5.15. The molecule has 104 valence electrons. The molecule has 1 aromatic rings. The lowest BCUT2D eigenvalue weighted by Crippen LogP contribution is -2.34. The van der Waals surface area contributed by atoms with E-state index in [2.05, 4.69) is 0 Å². The molecule has 6 heteroatoms. The zero-order chi connectivity index (χ0) is 14.0. The molecule has 2 N–H and O–H groups in total. The molecule has 0 aromatic heterocycles. The van der Waals surface area contributed by atoms with Gasteiger partial charge in [0.25, 0.3) is 5.91 Å². The van der Waals surface area contributed by atoms with Crippen molar-refractivity contribution < 1.29 is 19.7 Å². The Bertz CT molecular complexity index is 470. The van der Waals surface area contributed by atoms with E-state index < -0.39 is 12.2 Å². The SMILES string of the molecule is Cc1cc(Cl)ccc1OCC(=O)N1C[C@@H](O)[C@@H](O)C1. The van der Waals surface area contributed by atoms with Crippen LogP contribution in [0.2, 0.25) is 5.02 Å². The summed E-state index contributed by atoms with van der Waals surface area (Å²) < 4.78 is 5.42. The van der Waals surface area contributed by atoms with E-state index in [0.717, 1.165) is 5.56 Å². The fourth-order valence-electron chi connectivity index (χ4n) is 1.98. The molecular formula is C13H16ClNO4. The molecule has 19 heavy (non-hydrogen) atoms. The Labute approximate surface area is 116 Å². The number of amides is 1. The highest BCUT2D eigenvalue weighted by Gasteiger charge is 2.32. The van der Waals surface area contributed by atoms with Crippen molar-refractivity contribution in [1.82, 2.24) is 4.90 Å². The van der Waals surface area contributed by atoms with Crippen LogP contribution in [0.15, 0.2) is 18.2 Å². The van der Waals surface area contributed by atoms with Crippen molar-refractivity contribution in [3.63, 3.8) is 0 Å². The highest BCUT2D eigenvalue weighted by molar-refractivity contribution is 6.30. The number of aliphatic hydroxyl groups is 2. The van der Waals surface area contributed by atoms with Gasteiger partial charge in [0.1, 0.15) is 5.75 Å². The summed E-state index contributed by atoms with van der Waals surface area (Å²) in [7, 11) is 0. The lowest BCUT2D eigenvalue weighted by atomic mass is 10.2. The first-order chi connectivity index (χ1) is 8.97. The van der Waals surface area contributed by atoms with Crippen LogP contribution >= 0.6 is 11.6 Å². The van der Waals surface area contributed by atoms with Gasteiger partial charge in [-0.3, -0.25) is 4.79 Å². The second kappa shape index (κ2) is 5.77. The summed E-state index contributed by atoms with van der Waals surface area (Å²) in [4.78, 5) is 13.2. The number of carbonyl (C=O) groups excluding carboxylic acids is 1. The normalized spacial score (nSPS) is 22.6. The summed E-state index contributed by atoms with van der Waals surface area (Å²) in [6.45, 7) is 2.00. The molecule has 0 bridgehead atoms. The van der Waals surface area contributed by atoms with Crippen LogP contribution in [0.5, 0.6) is 5.75 Å². The maximum absolute atomic E-state index is 11.8. The van der Waals surface area contributed by atoms with Gasteiger partial charge < -0.3 is 19.8 Å². The Morgan fingerprint density at radius 2 is 2.05 bits per heavy atom. The summed E-state index contributed by atoms with van der Waals surface area (Å²) in [5.41, 5.74) is 0.849. The lowest BCUT2D eigenvalue weighted by Gasteiger charge is -2.16. The van der Waals surface area contributed by atoms with Crippen LogP contribution in [-0.2, 0) is 4.79 Å². The first-order valence-electron chi connectivity index (χ1n) is 6.00. The fourth-order valence-corrected chi connectivity index (χ4v) is 2.21. The third kappa shape index (κ3) is 3.37. The minimum Gasteiger partial charge on any atom is -0.483 e. The molecule has 1 saturated heterocycles. The molecule has 1 aliphatic heterocycles. The number of rotatable bonds is 3. The van der Waals surface area contributed by atoms with Crippen molar-refractivity contribution in [2.75, 3.05) is 19.7 Å². The van der Waals surface area contributed by atoms with Gasteiger partial charge in [-0.05, 0) is 30.7 Å². The van der Waals surface area contributed by atoms with Gasteiger partial charge >= 0.3 is 0 Å². The number of benzene rings is 1. The number of likely N-dealkylation sites (tertiary alicyclic amines) is 1. The van der Waals surface area contributed by atoms with Crippen molar-refractivity contribution in [3.05, 3.63) is 28.8 Å². The van der Waals surface area contributed by atoms with E-state index in [1.165, 1.54) is 4.90 Å². The lowest BCUT2D eigenvalue weighted by molar-refractivity contribution is -0.132. The number of carbonyl (C=O) groups is 1. The fraction of sp³-hybridized carbons (Fsp3) is 0.462. The number of nitrogens with zero attached hydrogens (tertiary/aromatic N) is 1. The topological polar surface area (TPSA) is 70.0 Å². The van der Waals surface area contributed by atoms with Gasteiger partial charge in [0.05, 0.1) is 12.2 Å². The molecule has 0 unspecified atom stereocenters. The smallest absolute Gasteiger partial charge is 0.260 e. The average molecular weight is 286 g/mol. The molecule has 0 aliphatic carbocycles. The molecule has 0 saturated carbocycles. The second-order valence-corrected chi connectivity index (χ2v) is 5.07. The van der Waals surface area contributed by atoms with Crippen molar-refractivity contribution in [1.29, 1.82) is 0 Å². The number of hydrogen-bond donors (Lipinski definition) is 2. The van der Waals surface area contributed by atoms with Crippen LogP contribution in [0.4, 0.5) is 0 Å². The number of halogens is 1. The van der Waals surface area contributed by atoms with Crippen LogP contribution in [0.1, 0.15) is 5.56 Å². The molecule has 1 fully saturated rings. The van der Waals surface area contributed by atoms with Crippen LogP contribution < -0.4 is 4.74 Å². The summed E-state index contributed by atoms with van der Waals surface area (Å²) in [6.07, 6.45) is -1.75. The van der Waals surface area contributed by atoms with Crippen LogP contribution in [0, 0.1) is 6.92 Å². The Balaban J connectivity index is 1.90. The number of aliphatic hydroxyl groups excluding tert-OH is 2. The Hall–Kier alpha value is -1.30. The minimum atomic E-state index is -0.874. The van der Waals surface area contributed by atoms with Gasteiger partial charge in [0, 0.05) is 18.1 Å². The third-order valence-corrected chi connectivity index (χ3v) is 3.33. The van der Waals surface area contributed by atoms with E-state index in [1.807, 2.05) is 6.92 Å². The molecule has 5 nitrogen and oxygen atoms in total. The molecule has 1 heterocycles. The molecule has 1 aromatic carbocycles. The van der Waals surface area contributed by atoms with E-state index in [-0.39, 0.29) is 25.6 Å². The molecule has 1 aliphatic rings. The molecular weight excluding hydrogens is 270 g/mol. The van der Waals surface area contributed by atoms with Gasteiger partial charge in [-0.15, -0.1) is 0 Å². The second-order valence-electron chi connectivity index (χ2n) is 4.63. The summed E-state index contributed by atoms with van der Waals surface area (Å²) >= 11 is 5.83. The highest BCUT2D eigenvalue weighted by atomic mass is 35.5. The highest BCUT2D eigenvalue weighted by Crippen LogP contribution is 2.22. The minimum absolute atomic E-state index is 0.123. The molecule has 0 radical (unpaired) electrons. The van der Waals surface area contributed by atoms with Gasteiger partial charge in [0.2, 0.25) is 0 Å². The van der Waals surface area contributed by atoms with Crippen LogP contribution in [0.25, 0.3) is 0 Å². The Morgan fingerprint density at radius 3 is 2.63 bits per heavy atom. The largest absolute Gasteiger partial charge is 0.483 e. The number of hydrogen-bond acceptors (Lipinski definition) is 4. The maximum atomic E-state index is 11.8. The Kier molecular flexibility index (Phi) is 4.29. The Morgan fingerprint density at radius 1 is 1.42 bits per heavy atom. The molecule has 2 atom stereocenters. The number of β-amino-alcohol motifs (C(OH)–C–C–N with tert-alkyl or cyclic N) is 2. The summed E-state index contributed by atoms with van der Waals surface area (Å²) in [5.74, 6) is 0.336. The van der Waals surface area contributed by atoms with Gasteiger partial charge in [-0.1, -0.05) is 11.6 Å². The van der Waals surface area contributed by atoms with Crippen LogP contribution in [0.3, 0.4) is 0 Å². The zero-order valence-electron chi connectivity index (χ0n) is 10.5. The first-order valence-corrected chi connectivity index (χ1v) is 6.38. The van der Waals surface area contributed by atoms with Crippen LogP contribution in [-0.4, -0.2) is 52.9 Å². The quantitative estimate of drug-likeness (QED) is 0.853. The standard InChI is InChI=1S/C13H16ClNO4/c1-8-4-9(14)2-3-12(8)19-7-13(18)15-5-10(16)11(17)6-15/h2-4,10-11,16-17H,5-7H2,1H3/t10-,11+. The van der Waals surface area contributed by atoms with E-state index >= 15 is 0 Å². The first kappa shape index (κ1) is 14.1. The molecule has 2 rings (SSSR count). The average Bonchev–Trinajstić information content (AvgIpc) is 2.68. The summed E-state index contributed by atoms with van der Waals surface area (Å²) in [5, 5.41) is 19.4. The molecule has 0 spiro atoms. The zero-order valence-corrected chi connectivity index (χ0v) is 11.3. The predicted molar refractivity (Wildman–Crippen MR) is 70.3 cm³/mol. The van der Waals surface area contributed by atoms with Crippen molar-refractivity contribution >= 4 is 17.5 Å². The number of aryl methyl sites for hydroxylation is 1. The van der Waals surface area contributed by atoms with E-state index in [0.29, 0.717) is 10.8 Å². The van der Waals surface area contributed by atoms with Crippen molar-refractivity contribution in [3.8, 4) is 5.75 Å². The number of ether oxygens (including phenoxy) is 1. The van der Waals surface area contributed by atoms with E-state index in [9.17, 15) is 15.0 Å². The van der Waals surface area contributed by atoms with Gasteiger partial charge in [-0.25, -0.2) is 0 Å². The van der Waals surface area contributed by atoms with Gasteiger partial charge in [0.15, 0.2) is 6.61 Å². The van der Waals surface area contributed by atoms with Crippen molar-refractivity contribution in [2.45, 2.75) is 19.1 Å².